The van der Waals surface area contributed by atoms with Gasteiger partial charge in [0.1, 0.15) is 0 Å². The lowest BCUT2D eigenvalue weighted by molar-refractivity contribution is -0.117. The summed E-state index contributed by atoms with van der Waals surface area (Å²) >= 11 is 0. The van der Waals surface area contributed by atoms with E-state index in [1.54, 1.807) is 29.4 Å². The van der Waals surface area contributed by atoms with Crippen LogP contribution in [-0.4, -0.2) is 24.0 Å². The molecular formula is C10H11N5O. The van der Waals surface area contributed by atoms with E-state index in [1.807, 2.05) is 0 Å². The molecule has 1 atom stereocenters. The van der Waals surface area contributed by atoms with Crippen LogP contribution in [0.15, 0.2) is 29.6 Å². The van der Waals surface area contributed by atoms with Crippen LogP contribution in [0.2, 0.25) is 0 Å². The number of amides is 1. The fourth-order valence-corrected chi connectivity index (χ4v) is 1.83. The molecule has 1 aromatic heterocycles. The SMILES string of the molecule is [N-]=[N+]=NCC1CC(=O)N(c2ccncc2)C1. The average Bonchev–Trinajstić information content (AvgIpc) is 2.69. The van der Waals surface area contributed by atoms with Crippen LogP contribution in [0.1, 0.15) is 6.42 Å². The van der Waals surface area contributed by atoms with E-state index in [0.29, 0.717) is 19.5 Å². The molecule has 1 aromatic rings. The van der Waals surface area contributed by atoms with E-state index in [0.717, 1.165) is 5.69 Å². The van der Waals surface area contributed by atoms with Gasteiger partial charge in [0.15, 0.2) is 0 Å². The fourth-order valence-electron chi connectivity index (χ4n) is 1.83. The Balaban J connectivity index is 2.08. The van der Waals surface area contributed by atoms with Crippen LogP contribution in [0.25, 0.3) is 10.4 Å². The van der Waals surface area contributed by atoms with E-state index in [-0.39, 0.29) is 11.8 Å². The zero-order valence-corrected chi connectivity index (χ0v) is 8.65. The van der Waals surface area contributed by atoms with Crippen LogP contribution >= 0.6 is 0 Å². The highest BCUT2D eigenvalue weighted by atomic mass is 16.2. The Hall–Kier alpha value is -2.07. The standard InChI is InChI=1S/C10H11N5O/c11-14-13-6-8-5-10(16)15(7-8)9-1-3-12-4-2-9/h1-4,8H,5-7H2. The Morgan fingerprint density at radius 3 is 3.00 bits per heavy atom. The summed E-state index contributed by atoms with van der Waals surface area (Å²) in [5.74, 6) is 0.195. The zero-order chi connectivity index (χ0) is 11.4. The normalized spacial score (nSPS) is 19.6. The topological polar surface area (TPSA) is 82.0 Å². The lowest BCUT2D eigenvalue weighted by atomic mass is 10.1. The van der Waals surface area contributed by atoms with Crippen molar-refractivity contribution in [2.24, 2.45) is 11.0 Å². The van der Waals surface area contributed by atoms with Gasteiger partial charge in [0.05, 0.1) is 0 Å². The molecule has 2 rings (SSSR count). The summed E-state index contributed by atoms with van der Waals surface area (Å²) in [6.07, 6.45) is 3.76. The van der Waals surface area contributed by atoms with E-state index < -0.39 is 0 Å². The highest BCUT2D eigenvalue weighted by molar-refractivity contribution is 5.95. The zero-order valence-electron chi connectivity index (χ0n) is 8.65. The average molecular weight is 217 g/mol. The van der Waals surface area contributed by atoms with E-state index in [9.17, 15) is 4.79 Å². The molecule has 1 aliphatic heterocycles. The minimum Gasteiger partial charge on any atom is -0.312 e. The predicted molar refractivity (Wildman–Crippen MR) is 58.7 cm³/mol. The molecule has 0 N–H and O–H groups in total. The summed E-state index contributed by atoms with van der Waals surface area (Å²) in [4.78, 5) is 20.0. The first-order chi connectivity index (χ1) is 7.81. The molecule has 0 aromatic carbocycles. The van der Waals surface area contributed by atoms with Gasteiger partial charge in [-0.25, -0.2) is 0 Å². The lowest BCUT2D eigenvalue weighted by Gasteiger charge is -2.15. The van der Waals surface area contributed by atoms with Crippen molar-refractivity contribution in [3.05, 3.63) is 35.0 Å². The minimum atomic E-state index is 0.0735. The van der Waals surface area contributed by atoms with Crippen molar-refractivity contribution in [3.63, 3.8) is 0 Å². The molecule has 1 saturated heterocycles. The van der Waals surface area contributed by atoms with Crippen molar-refractivity contribution in [1.82, 2.24) is 4.98 Å². The largest absolute Gasteiger partial charge is 0.312 e. The number of hydrogen-bond donors (Lipinski definition) is 0. The van der Waals surface area contributed by atoms with Crippen molar-refractivity contribution in [3.8, 4) is 0 Å². The summed E-state index contributed by atoms with van der Waals surface area (Å²) in [5.41, 5.74) is 9.08. The maximum atomic E-state index is 11.7. The number of aromatic nitrogens is 1. The molecule has 1 fully saturated rings. The monoisotopic (exact) mass is 217 g/mol. The van der Waals surface area contributed by atoms with Gasteiger partial charge < -0.3 is 4.90 Å². The Kier molecular flexibility index (Phi) is 3.03. The number of pyridine rings is 1. The number of carbonyl (C=O) groups is 1. The predicted octanol–water partition coefficient (Wildman–Crippen LogP) is 1.74. The van der Waals surface area contributed by atoms with Crippen molar-refractivity contribution in [2.45, 2.75) is 6.42 Å². The van der Waals surface area contributed by atoms with Gasteiger partial charge in [-0.2, -0.15) is 0 Å². The number of hydrogen-bond acceptors (Lipinski definition) is 3. The fraction of sp³-hybridized carbons (Fsp3) is 0.400. The lowest BCUT2D eigenvalue weighted by Crippen LogP contribution is -2.24. The van der Waals surface area contributed by atoms with Crippen molar-refractivity contribution < 1.29 is 4.79 Å². The molecule has 82 valence electrons. The Bertz CT molecular complexity index is 426. The first-order valence-corrected chi connectivity index (χ1v) is 5.02. The van der Waals surface area contributed by atoms with Crippen molar-refractivity contribution >= 4 is 11.6 Å². The molecule has 0 saturated carbocycles. The highest BCUT2D eigenvalue weighted by Crippen LogP contribution is 2.24. The van der Waals surface area contributed by atoms with E-state index in [1.165, 1.54) is 0 Å². The molecule has 6 nitrogen and oxygen atoms in total. The van der Waals surface area contributed by atoms with Gasteiger partial charge in [0.2, 0.25) is 5.91 Å². The summed E-state index contributed by atoms with van der Waals surface area (Å²) in [7, 11) is 0. The van der Waals surface area contributed by atoms with Gasteiger partial charge >= 0.3 is 0 Å². The van der Waals surface area contributed by atoms with Crippen LogP contribution in [0.5, 0.6) is 0 Å². The van der Waals surface area contributed by atoms with Crippen LogP contribution < -0.4 is 4.90 Å². The summed E-state index contributed by atoms with van der Waals surface area (Å²) in [6.45, 7) is 0.992. The second kappa shape index (κ2) is 4.63. The quantitative estimate of drug-likeness (QED) is 0.439. The number of nitrogens with zero attached hydrogens (tertiary/aromatic N) is 5. The molecule has 0 aliphatic carbocycles. The molecule has 2 heterocycles. The van der Waals surface area contributed by atoms with Gasteiger partial charge in [-0.15, -0.1) is 0 Å². The third-order valence-electron chi connectivity index (χ3n) is 2.58. The molecular weight excluding hydrogens is 206 g/mol. The van der Waals surface area contributed by atoms with E-state index >= 15 is 0 Å². The Labute approximate surface area is 92.5 Å². The maximum absolute atomic E-state index is 11.7. The Morgan fingerprint density at radius 1 is 1.56 bits per heavy atom. The van der Waals surface area contributed by atoms with Crippen molar-refractivity contribution in [1.29, 1.82) is 0 Å². The third-order valence-corrected chi connectivity index (χ3v) is 2.58. The van der Waals surface area contributed by atoms with Gasteiger partial charge in [0.25, 0.3) is 0 Å². The third kappa shape index (κ3) is 2.12. The summed E-state index contributed by atoms with van der Waals surface area (Å²) < 4.78 is 0. The van der Waals surface area contributed by atoms with E-state index in [4.69, 9.17) is 5.53 Å². The number of rotatable bonds is 3. The van der Waals surface area contributed by atoms with Crippen LogP contribution in [-0.2, 0) is 4.79 Å². The molecule has 0 radical (unpaired) electrons. The van der Waals surface area contributed by atoms with Gasteiger partial charge in [-0.1, -0.05) is 5.11 Å². The highest BCUT2D eigenvalue weighted by Gasteiger charge is 2.29. The van der Waals surface area contributed by atoms with Crippen LogP contribution in [0.4, 0.5) is 5.69 Å². The molecule has 16 heavy (non-hydrogen) atoms. The van der Waals surface area contributed by atoms with Crippen molar-refractivity contribution in [2.75, 3.05) is 18.0 Å². The molecule has 0 spiro atoms. The van der Waals surface area contributed by atoms with Gasteiger partial charge in [-0.05, 0) is 23.6 Å². The molecule has 1 aliphatic rings. The molecule has 0 bridgehead atoms. The second-order valence-corrected chi connectivity index (χ2v) is 3.69. The van der Waals surface area contributed by atoms with Gasteiger partial charge in [-0.3, -0.25) is 9.78 Å². The molecule has 1 amide bonds. The second-order valence-electron chi connectivity index (χ2n) is 3.69. The first kappa shape index (κ1) is 10.4. The first-order valence-electron chi connectivity index (χ1n) is 5.02. The Morgan fingerprint density at radius 2 is 2.31 bits per heavy atom. The van der Waals surface area contributed by atoms with E-state index in [2.05, 4.69) is 15.0 Å². The number of carbonyl (C=O) groups excluding carboxylic acids is 1. The summed E-state index contributed by atoms with van der Waals surface area (Å²) in [6, 6.07) is 3.60. The summed E-state index contributed by atoms with van der Waals surface area (Å²) in [5, 5.41) is 3.51. The maximum Gasteiger partial charge on any atom is 0.227 e. The molecule has 6 heteroatoms. The minimum absolute atomic E-state index is 0.0735. The number of anilines is 1. The van der Waals surface area contributed by atoms with Gasteiger partial charge in [0, 0.05) is 42.5 Å². The molecule has 1 unspecified atom stereocenters. The number of azide groups is 1. The van der Waals surface area contributed by atoms with Crippen LogP contribution in [0.3, 0.4) is 0 Å². The smallest absolute Gasteiger partial charge is 0.227 e. The van der Waals surface area contributed by atoms with Crippen LogP contribution in [0, 0.1) is 5.92 Å².